The van der Waals surface area contributed by atoms with Gasteiger partial charge in [-0.2, -0.15) is 0 Å². The van der Waals surface area contributed by atoms with Gasteiger partial charge in [-0.05, 0) is 38.5 Å². The molecule has 0 saturated carbocycles. The molecule has 0 spiro atoms. The minimum absolute atomic E-state index is 0.0882. The molecule has 2 rings (SSSR count). The van der Waals surface area contributed by atoms with Crippen LogP contribution in [-0.4, -0.2) is 17.9 Å². The van der Waals surface area contributed by atoms with Crippen molar-refractivity contribution in [1.82, 2.24) is 10.3 Å². The molecule has 1 unspecified atom stereocenters. The van der Waals surface area contributed by atoms with Crippen LogP contribution in [0, 0.1) is 13.8 Å². The summed E-state index contributed by atoms with van der Waals surface area (Å²) in [6, 6.07) is 5.66. The molecular weight excluding hydrogens is 270 g/mol. The van der Waals surface area contributed by atoms with E-state index in [2.05, 4.69) is 15.6 Å². The molecule has 4 nitrogen and oxygen atoms in total. The summed E-state index contributed by atoms with van der Waals surface area (Å²) in [7, 11) is 1.82. The van der Waals surface area contributed by atoms with E-state index in [1.165, 1.54) is 0 Å². The lowest BCUT2D eigenvalue weighted by Crippen LogP contribution is -2.27. The highest BCUT2D eigenvalue weighted by Crippen LogP contribution is 2.21. The lowest BCUT2D eigenvalue weighted by Gasteiger charge is -2.14. The summed E-state index contributed by atoms with van der Waals surface area (Å²) in [5.41, 5.74) is 2.61. The van der Waals surface area contributed by atoms with Crippen LogP contribution in [0.3, 0.4) is 0 Å². The first kappa shape index (κ1) is 14.5. The van der Waals surface area contributed by atoms with E-state index in [9.17, 15) is 4.79 Å². The van der Waals surface area contributed by atoms with Gasteiger partial charge in [-0.15, -0.1) is 11.3 Å². The molecule has 1 aromatic carbocycles. The van der Waals surface area contributed by atoms with Gasteiger partial charge in [-0.1, -0.05) is 6.07 Å². The predicted molar refractivity (Wildman–Crippen MR) is 83.5 cm³/mol. The third-order valence-electron chi connectivity index (χ3n) is 3.05. The number of rotatable bonds is 4. The fourth-order valence-electron chi connectivity index (χ4n) is 1.97. The fraction of sp³-hybridized carbons (Fsp3) is 0.333. The number of amides is 1. The van der Waals surface area contributed by atoms with Gasteiger partial charge in [-0.25, -0.2) is 4.98 Å². The Morgan fingerprint density at radius 1 is 1.35 bits per heavy atom. The number of thiazole rings is 1. The van der Waals surface area contributed by atoms with Gasteiger partial charge in [0, 0.05) is 23.8 Å². The maximum atomic E-state index is 12.4. The number of aryl methyl sites for hydroxylation is 2. The number of aromatic nitrogens is 1. The zero-order valence-corrected chi connectivity index (χ0v) is 13.0. The SMILES string of the molecule is CNc1cc(C)ccc1C(=O)NC(C)c1ncc(C)s1. The largest absolute Gasteiger partial charge is 0.387 e. The number of nitrogens with zero attached hydrogens (tertiary/aromatic N) is 1. The Morgan fingerprint density at radius 2 is 2.10 bits per heavy atom. The number of nitrogens with one attached hydrogen (secondary N) is 2. The highest BCUT2D eigenvalue weighted by molar-refractivity contribution is 7.11. The zero-order valence-electron chi connectivity index (χ0n) is 12.2. The summed E-state index contributed by atoms with van der Waals surface area (Å²) in [6.07, 6.45) is 1.83. The summed E-state index contributed by atoms with van der Waals surface area (Å²) in [4.78, 5) is 17.8. The molecule has 1 heterocycles. The van der Waals surface area contributed by atoms with Gasteiger partial charge >= 0.3 is 0 Å². The molecule has 5 heteroatoms. The quantitative estimate of drug-likeness (QED) is 0.908. The molecule has 0 aliphatic rings. The molecule has 0 bridgehead atoms. The van der Waals surface area contributed by atoms with Crippen LogP contribution in [0.25, 0.3) is 0 Å². The van der Waals surface area contributed by atoms with E-state index in [0.717, 1.165) is 21.1 Å². The third-order valence-corrected chi connectivity index (χ3v) is 4.14. The molecule has 1 amide bonds. The molecule has 2 N–H and O–H groups in total. The van der Waals surface area contributed by atoms with Gasteiger partial charge in [0.05, 0.1) is 11.6 Å². The van der Waals surface area contributed by atoms with Gasteiger partial charge in [0.1, 0.15) is 5.01 Å². The van der Waals surface area contributed by atoms with E-state index in [1.807, 2.05) is 52.2 Å². The Hall–Kier alpha value is -1.88. The molecule has 2 aromatic rings. The van der Waals surface area contributed by atoms with Crippen LogP contribution in [0.5, 0.6) is 0 Å². The van der Waals surface area contributed by atoms with E-state index in [0.29, 0.717) is 5.56 Å². The molecule has 0 radical (unpaired) electrons. The number of carbonyl (C=O) groups excluding carboxylic acids is 1. The van der Waals surface area contributed by atoms with Gasteiger partial charge in [-0.3, -0.25) is 4.79 Å². The Labute approximate surface area is 123 Å². The number of carbonyl (C=O) groups is 1. The van der Waals surface area contributed by atoms with Crippen molar-refractivity contribution in [1.29, 1.82) is 0 Å². The smallest absolute Gasteiger partial charge is 0.253 e. The lowest BCUT2D eigenvalue weighted by atomic mass is 10.1. The topological polar surface area (TPSA) is 54.0 Å². The second-order valence-electron chi connectivity index (χ2n) is 4.80. The van der Waals surface area contributed by atoms with Gasteiger partial charge < -0.3 is 10.6 Å². The summed E-state index contributed by atoms with van der Waals surface area (Å²) in [5, 5.41) is 6.97. The van der Waals surface area contributed by atoms with Crippen molar-refractivity contribution < 1.29 is 4.79 Å². The molecule has 0 aliphatic heterocycles. The van der Waals surface area contributed by atoms with Crippen molar-refractivity contribution in [3.05, 3.63) is 45.4 Å². The van der Waals surface area contributed by atoms with Crippen molar-refractivity contribution in [3.63, 3.8) is 0 Å². The number of hydrogen-bond donors (Lipinski definition) is 2. The fourth-order valence-corrected chi connectivity index (χ4v) is 2.75. The van der Waals surface area contributed by atoms with Crippen LogP contribution in [-0.2, 0) is 0 Å². The second-order valence-corrected chi connectivity index (χ2v) is 6.07. The maximum Gasteiger partial charge on any atom is 0.253 e. The summed E-state index contributed by atoms with van der Waals surface area (Å²) < 4.78 is 0. The lowest BCUT2D eigenvalue weighted by molar-refractivity contribution is 0.0940. The van der Waals surface area contributed by atoms with E-state index in [-0.39, 0.29) is 11.9 Å². The van der Waals surface area contributed by atoms with Crippen molar-refractivity contribution in [2.45, 2.75) is 26.8 Å². The van der Waals surface area contributed by atoms with Crippen molar-refractivity contribution >= 4 is 22.9 Å². The highest BCUT2D eigenvalue weighted by Gasteiger charge is 2.16. The maximum absolute atomic E-state index is 12.4. The van der Waals surface area contributed by atoms with Crippen LogP contribution >= 0.6 is 11.3 Å². The van der Waals surface area contributed by atoms with Crippen LogP contribution in [0.4, 0.5) is 5.69 Å². The first-order valence-electron chi connectivity index (χ1n) is 6.53. The monoisotopic (exact) mass is 289 g/mol. The van der Waals surface area contributed by atoms with Crippen LogP contribution < -0.4 is 10.6 Å². The summed E-state index contributed by atoms with van der Waals surface area (Å²) >= 11 is 1.60. The van der Waals surface area contributed by atoms with Crippen molar-refractivity contribution in [2.24, 2.45) is 0 Å². The third kappa shape index (κ3) is 3.17. The van der Waals surface area contributed by atoms with E-state index >= 15 is 0 Å². The van der Waals surface area contributed by atoms with Crippen LogP contribution in [0.1, 0.15) is 38.8 Å². The second kappa shape index (κ2) is 6.05. The minimum atomic E-state index is -0.0905. The number of hydrogen-bond acceptors (Lipinski definition) is 4. The first-order chi connectivity index (χ1) is 9.51. The Bertz CT molecular complexity index is 621. The van der Waals surface area contributed by atoms with E-state index in [1.54, 1.807) is 11.3 Å². The molecule has 0 fully saturated rings. The Morgan fingerprint density at radius 3 is 2.70 bits per heavy atom. The average molecular weight is 289 g/mol. The molecular formula is C15H19N3OS. The van der Waals surface area contributed by atoms with Crippen molar-refractivity contribution in [2.75, 3.05) is 12.4 Å². The van der Waals surface area contributed by atoms with Gasteiger partial charge in [0.25, 0.3) is 5.91 Å². The normalized spacial score (nSPS) is 12.0. The predicted octanol–water partition coefficient (Wildman–Crippen LogP) is 3.29. The molecule has 1 atom stereocenters. The van der Waals surface area contributed by atoms with Crippen LogP contribution in [0.15, 0.2) is 24.4 Å². The summed E-state index contributed by atoms with van der Waals surface area (Å²) in [5.74, 6) is -0.0882. The van der Waals surface area contributed by atoms with Crippen molar-refractivity contribution in [3.8, 4) is 0 Å². The molecule has 0 aliphatic carbocycles. The molecule has 1 aromatic heterocycles. The number of benzene rings is 1. The minimum Gasteiger partial charge on any atom is -0.387 e. The first-order valence-corrected chi connectivity index (χ1v) is 7.34. The summed E-state index contributed by atoms with van der Waals surface area (Å²) in [6.45, 7) is 5.96. The average Bonchev–Trinajstić information content (AvgIpc) is 2.85. The highest BCUT2D eigenvalue weighted by atomic mass is 32.1. The van der Waals surface area contributed by atoms with Gasteiger partial charge in [0.2, 0.25) is 0 Å². The van der Waals surface area contributed by atoms with Crippen LogP contribution in [0.2, 0.25) is 0 Å². The molecule has 106 valence electrons. The Balaban J connectivity index is 2.16. The Kier molecular flexibility index (Phi) is 4.39. The van der Waals surface area contributed by atoms with Gasteiger partial charge in [0.15, 0.2) is 0 Å². The standard InChI is InChI=1S/C15H19N3OS/c1-9-5-6-12(13(7-9)16-4)14(19)18-11(3)15-17-8-10(2)20-15/h5-8,11,16H,1-4H3,(H,18,19). The molecule has 20 heavy (non-hydrogen) atoms. The molecule has 0 saturated heterocycles. The van der Waals surface area contributed by atoms with E-state index in [4.69, 9.17) is 0 Å². The number of anilines is 1. The zero-order chi connectivity index (χ0) is 14.7. The van der Waals surface area contributed by atoms with E-state index < -0.39 is 0 Å².